The molecule has 3 N–H and O–H groups in total. The number of unbranched alkanes of at least 4 members (excludes halogenated alkanes) is 1. The lowest BCUT2D eigenvalue weighted by atomic mass is 9.75. The van der Waals surface area contributed by atoms with Crippen LogP contribution in [-0.4, -0.2) is 73.3 Å². The lowest BCUT2D eigenvalue weighted by Crippen LogP contribution is -2.54. The number of rotatable bonds is 8. The van der Waals surface area contributed by atoms with Gasteiger partial charge in [-0.1, -0.05) is 19.8 Å². The summed E-state index contributed by atoms with van der Waals surface area (Å²) in [7, 11) is -0.539. The number of carbonyl (C=O) groups is 2. The third-order valence-corrected chi connectivity index (χ3v) is 5.89. The summed E-state index contributed by atoms with van der Waals surface area (Å²) < 4.78 is 17.5. The fourth-order valence-electron chi connectivity index (χ4n) is 3.27. The van der Waals surface area contributed by atoms with Crippen molar-refractivity contribution in [1.82, 2.24) is 10.2 Å². The Kier molecular flexibility index (Phi) is 9.88. The standard InChI is InChI=1S/C19H36BN3O5.ClH/c1-6-7-8-15(20-27-18(2,3)19(4,5)28-20)22-17(25)14(21)13-16(24)23-9-11-26-12-10-23;/h14-15H,6-13,21H2,1-5H3,(H,22,25);1H/t14-,15+;/m1./s1. The summed E-state index contributed by atoms with van der Waals surface area (Å²) in [6, 6.07) is -0.901. The molecular weight excluding hydrogens is 396 g/mol. The van der Waals surface area contributed by atoms with Crippen molar-refractivity contribution in [2.45, 2.75) is 83.5 Å². The molecule has 29 heavy (non-hydrogen) atoms. The summed E-state index contributed by atoms with van der Waals surface area (Å²) in [5.41, 5.74) is 5.09. The van der Waals surface area contributed by atoms with Gasteiger partial charge in [-0.15, -0.1) is 12.4 Å². The molecule has 10 heteroatoms. The molecule has 2 atom stereocenters. The van der Waals surface area contributed by atoms with Crippen LogP contribution in [0.4, 0.5) is 0 Å². The second-order valence-electron chi connectivity index (χ2n) is 8.69. The van der Waals surface area contributed by atoms with E-state index in [2.05, 4.69) is 12.2 Å². The summed E-state index contributed by atoms with van der Waals surface area (Å²) in [6.07, 6.45) is 2.63. The first-order chi connectivity index (χ1) is 13.1. The Morgan fingerprint density at radius 3 is 2.21 bits per heavy atom. The molecule has 2 fully saturated rings. The van der Waals surface area contributed by atoms with Gasteiger partial charge in [-0.3, -0.25) is 9.59 Å². The van der Waals surface area contributed by atoms with Gasteiger partial charge in [0.2, 0.25) is 11.8 Å². The van der Waals surface area contributed by atoms with Crippen LogP contribution in [0.3, 0.4) is 0 Å². The molecule has 8 nitrogen and oxygen atoms in total. The summed E-state index contributed by atoms with van der Waals surface area (Å²) in [6.45, 7) is 12.2. The number of hydrogen-bond acceptors (Lipinski definition) is 6. The van der Waals surface area contributed by atoms with Gasteiger partial charge in [0.25, 0.3) is 0 Å². The molecule has 2 amide bonds. The zero-order valence-electron chi connectivity index (χ0n) is 18.4. The Hall–Kier alpha value is -0.865. The molecule has 2 aliphatic heterocycles. The first-order valence-electron chi connectivity index (χ1n) is 10.3. The van der Waals surface area contributed by atoms with Crippen LogP contribution in [0.2, 0.25) is 0 Å². The normalized spacial score (nSPS) is 22.6. The zero-order chi connectivity index (χ0) is 20.9. The van der Waals surface area contributed by atoms with E-state index in [0.717, 1.165) is 19.3 Å². The average molecular weight is 434 g/mol. The van der Waals surface area contributed by atoms with Gasteiger partial charge >= 0.3 is 7.12 Å². The number of nitrogens with two attached hydrogens (primary N) is 1. The molecule has 0 aliphatic carbocycles. The number of carbonyl (C=O) groups excluding carboxylic acids is 2. The van der Waals surface area contributed by atoms with Crippen molar-refractivity contribution >= 4 is 31.3 Å². The molecule has 2 rings (SSSR count). The second kappa shape index (κ2) is 11.0. The Balaban J connectivity index is 0.00000420. The van der Waals surface area contributed by atoms with E-state index in [9.17, 15) is 9.59 Å². The van der Waals surface area contributed by atoms with Gasteiger partial charge in [-0.2, -0.15) is 0 Å². The fraction of sp³-hybridized carbons (Fsp3) is 0.895. The second-order valence-corrected chi connectivity index (χ2v) is 8.69. The van der Waals surface area contributed by atoms with Gasteiger partial charge in [0.1, 0.15) is 0 Å². The lowest BCUT2D eigenvalue weighted by molar-refractivity contribution is -0.137. The van der Waals surface area contributed by atoms with E-state index in [0.29, 0.717) is 26.3 Å². The number of amides is 2. The number of nitrogens with zero attached hydrogens (tertiary/aromatic N) is 1. The topological polar surface area (TPSA) is 103 Å². The van der Waals surface area contributed by atoms with Crippen LogP contribution in [0.5, 0.6) is 0 Å². The van der Waals surface area contributed by atoms with Crippen molar-refractivity contribution in [2.75, 3.05) is 26.3 Å². The third-order valence-electron chi connectivity index (χ3n) is 5.89. The van der Waals surface area contributed by atoms with Gasteiger partial charge < -0.3 is 30.0 Å². The van der Waals surface area contributed by atoms with E-state index >= 15 is 0 Å². The van der Waals surface area contributed by atoms with E-state index in [1.807, 2.05) is 27.7 Å². The zero-order valence-corrected chi connectivity index (χ0v) is 19.2. The molecule has 0 saturated carbocycles. The first-order valence-corrected chi connectivity index (χ1v) is 10.3. The smallest absolute Gasteiger partial charge is 0.402 e. The molecule has 0 aromatic heterocycles. The van der Waals surface area contributed by atoms with Crippen molar-refractivity contribution in [3.8, 4) is 0 Å². The average Bonchev–Trinajstić information content (AvgIpc) is 2.86. The molecule has 0 unspecified atom stereocenters. The largest absolute Gasteiger partial charge is 0.481 e. The number of morpholine rings is 1. The third kappa shape index (κ3) is 6.82. The minimum Gasteiger partial charge on any atom is -0.402 e. The number of ether oxygens (including phenoxy) is 1. The number of halogens is 1. The quantitative estimate of drug-likeness (QED) is 0.559. The summed E-state index contributed by atoms with van der Waals surface area (Å²) in [5.74, 6) is -0.776. The van der Waals surface area contributed by atoms with Crippen molar-refractivity contribution in [2.24, 2.45) is 5.73 Å². The Labute approximate surface area is 181 Å². The minimum absolute atomic E-state index is 0. The number of hydrogen-bond donors (Lipinski definition) is 2. The molecule has 0 aromatic rings. The highest BCUT2D eigenvalue weighted by Gasteiger charge is 2.54. The van der Waals surface area contributed by atoms with Crippen LogP contribution < -0.4 is 11.1 Å². The van der Waals surface area contributed by atoms with E-state index in [1.54, 1.807) is 4.90 Å². The maximum Gasteiger partial charge on any atom is 0.481 e. The van der Waals surface area contributed by atoms with Crippen LogP contribution in [0, 0.1) is 0 Å². The summed E-state index contributed by atoms with van der Waals surface area (Å²) in [5, 5.41) is 2.97. The maximum absolute atomic E-state index is 12.7. The minimum atomic E-state index is -0.901. The van der Waals surface area contributed by atoms with Crippen molar-refractivity contribution in [3.63, 3.8) is 0 Å². The van der Waals surface area contributed by atoms with Gasteiger partial charge in [0.05, 0.1) is 42.8 Å². The van der Waals surface area contributed by atoms with Gasteiger partial charge in [0.15, 0.2) is 0 Å². The molecule has 0 bridgehead atoms. The lowest BCUT2D eigenvalue weighted by Gasteiger charge is -2.32. The van der Waals surface area contributed by atoms with Gasteiger partial charge in [-0.05, 0) is 34.1 Å². The monoisotopic (exact) mass is 433 g/mol. The van der Waals surface area contributed by atoms with Crippen LogP contribution in [-0.2, 0) is 23.6 Å². The Morgan fingerprint density at radius 1 is 1.14 bits per heavy atom. The summed E-state index contributed by atoms with van der Waals surface area (Å²) >= 11 is 0. The van der Waals surface area contributed by atoms with Crippen molar-refractivity contribution < 1.29 is 23.6 Å². The maximum atomic E-state index is 12.7. The van der Waals surface area contributed by atoms with Crippen molar-refractivity contribution in [1.29, 1.82) is 0 Å². The van der Waals surface area contributed by atoms with E-state index < -0.39 is 24.4 Å². The highest BCUT2D eigenvalue weighted by atomic mass is 35.5. The molecule has 2 heterocycles. The van der Waals surface area contributed by atoms with Crippen molar-refractivity contribution in [3.05, 3.63) is 0 Å². The molecule has 0 aromatic carbocycles. The predicted molar refractivity (Wildman–Crippen MR) is 115 cm³/mol. The molecule has 0 spiro atoms. The van der Waals surface area contributed by atoms with E-state index in [-0.39, 0.29) is 36.6 Å². The highest BCUT2D eigenvalue weighted by Crippen LogP contribution is 2.38. The van der Waals surface area contributed by atoms with Crippen LogP contribution in [0.1, 0.15) is 60.3 Å². The summed E-state index contributed by atoms with van der Waals surface area (Å²) in [4.78, 5) is 26.7. The van der Waals surface area contributed by atoms with Gasteiger partial charge in [-0.25, -0.2) is 0 Å². The predicted octanol–water partition coefficient (Wildman–Crippen LogP) is 1.29. The molecule has 2 saturated heterocycles. The Morgan fingerprint density at radius 2 is 1.69 bits per heavy atom. The SMILES string of the molecule is CCCC[C@H](NC(=O)[C@H](N)CC(=O)N1CCOCC1)B1OC(C)(C)C(C)(C)O1.Cl. The Bertz CT molecular complexity index is 542. The van der Waals surface area contributed by atoms with Crippen LogP contribution >= 0.6 is 12.4 Å². The van der Waals surface area contributed by atoms with Crippen LogP contribution in [0.25, 0.3) is 0 Å². The molecular formula is C19H37BClN3O5. The molecule has 168 valence electrons. The fourth-order valence-corrected chi connectivity index (χ4v) is 3.27. The first kappa shape index (κ1) is 26.2. The van der Waals surface area contributed by atoms with Gasteiger partial charge in [0, 0.05) is 13.1 Å². The molecule has 2 aliphatic rings. The van der Waals surface area contributed by atoms with Crippen LogP contribution in [0.15, 0.2) is 0 Å². The van der Waals surface area contributed by atoms with E-state index in [1.165, 1.54) is 0 Å². The molecule has 0 radical (unpaired) electrons. The van der Waals surface area contributed by atoms with E-state index in [4.69, 9.17) is 19.8 Å². The highest BCUT2D eigenvalue weighted by molar-refractivity contribution is 6.48. The number of nitrogens with one attached hydrogen (secondary N) is 1.